The van der Waals surface area contributed by atoms with E-state index in [-0.39, 0.29) is 11.6 Å². The summed E-state index contributed by atoms with van der Waals surface area (Å²) < 4.78 is 0. The SMILES string of the molecule is CC1CC2(CS1)C(N)=NC(=O)N2C1CC1. The molecule has 15 heavy (non-hydrogen) atoms. The first-order valence-electron chi connectivity index (χ1n) is 5.43. The number of nitrogens with two attached hydrogens (primary N) is 1. The average Bonchev–Trinajstić information content (AvgIpc) is 2.86. The van der Waals surface area contributed by atoms with Gasteiger partial charge >= 0.3 is 6.03 Å². The van der Waals surface area contributed by atoms with Gasteiger partial charge < -0.3 is 10.6 Å². The summed E-state index contributed by atoms with van der Waals surface area (Å²) in [6.45, 7) is 2.20. The third-order valence-corrected chi connectivity index (χ3v) is 4.88. The van der Waals surface area contributed by atoms with Crippen molar-refractivity contribution in [1.29, 1.82) is 0 Å². The number of nitrogens with zero attached hydrogens (tertiary/aromatic N) is 2. The minimum absolute atomic E-state index is 0.107. The number of hydrogen-bond acceptors (Lipinski definition) is 3. The fourth-order valence-electron chi connectivity index (χ4n) is 2.63. The molecule has 1 saturated carbocycles. The highest BCUT2D eigenvalue weighted by molar-refractivity contribution is 8.00. The van der Waals surface area contributed by atoms with E-state index >= 15 is 0 Å². The van der Waals surface area contributed by atoms with Crippen LogP contribution in [-0.2, 0) is 0 Å². The Balaban J connectivity index is 1.97. The molecule has 2 fully saturated rings. The molecular formula is C10H15N3OS. The van der Waals surface area contributed by atoms with E-state index in [1.165, 1.54) is 0 Å². The van der Waals surface area contributed by atoms with E-state index in [1.54, 1.807) is 0 Å². The van der Waals surface area contributed by atoms with Crippen LogP contribution in [0.25, 0.3) is 0 Å². The first-order chi connectivity index (χ1) is 7.13. The Hall–Kier alpha value is -0.710. The molecule has 1 saturated heterocycles. The van der Waals surface area contributed by atoms with Gasteiger partial charge in [0.25, 0.3) is 0 Å². The Morgan fingerprint density at radius 3 is 2.87 bits per heavy atom. The molecule has 3 aliphatic rings. The number of hydrogen-bond donors (Lipinski definition) is 1. The second-order valence-electron chi connectivity index (χ2n) is 4.74. The summed E-state index contributed by atoms with van der Waals surface area (Å²) in [7, 11) is 0. The molecular weight excluding hydrogens is 210 g/mol. The smallest absolute Gasteiger partial charge is 0.346 e. The molecule has 2 heterocycles. The van der Waals surface area contributed by atoms with Gasteiger partial charge in [0.1, 0.15) is 11.4 Å². The number of carbonyl (C=O) groups is 1. The molecule has 1 aliphatic carbocycles. The van der Waals surface area contributed by atoms with Gasteiger partial charge in [0.05, 0.1) is 0 Å². The molecule has 2 aliphatic heterocycles. The van der Waals surface area contributed by atoms with Gasteiger partial charge in [0.15, 0.2) is 0 Å². The van der Waals surface area contributed by atoms with Crippen LogP contribution in [-0.4, -0.2) is 39.4 Å². The minimum Gasteiger partial charge on any atom is -0.385 e. The molecule has 2 unspecified atom stereocenters. The molecule has 82 valence electrons. The summed E-state index contributed by atoms with van der Waals surface area (Å²) in [6, 6.07) is 0.304. The summed E-state index contributed by atoms with van der Waals surface area (Å²) in [4.78, 5) is 17.7. The van der Waals surface area contributed by atoms with Gasteiger partial charge in [-0.25, -0.2) is 4.79 Å². The number of amides is 2. The van der Waals surface area contributed by atoms with Gasteiger partial charge in [-0.05, 0) is 19.3 Å². The Morgan fingerprint density at radius 2 is 2.33 bits per heavy atom. The Kier molecular flexibility index (Phi) is 1.84. The standard InChI is InChI=1S/C10H15N3OS/c1-6-4-10(5-15-6)8(11)12-9(14)13(10)7-2-3-7/h6-7H,2-5H2,1H3,(H2,11,12,14). The summed E-state index contributed by atoms with van der Waals surface area (Å²) >= 11 is 1.89. The van der Waals surface area contributed by atoms with Crippen LogP contribution in [0.1, 0.15) is 26.2 Å². The summed E-state index contributed by atoms with van der Waals surface area (Å²) in [5, 5.41) is 0.575. The zero-order valence-corrected chi connectivity index (χ0v) is 9.59. The van der Waals surface area contributed by atoms with Crippen molar-refractivity contribution < 1.29 is 4.79 Å². The van der Waals surface area contributed by atoms with E-state index in [0.717, 1.165) is 25.0 Å². The summed E-state index contributed by atoms with van der Waals surface area (Å²) in [6.07, 6.45) is 3.21. The Morgan fingerprint density at radius 1 is 1.60 bits per heavy atom. The lowest BCUT2D eigenvalue weighted by atomic mass is 9.93. The van der Waals surface area contributed by atoms with Crippen molar-refractivity contribution in [3.63, 3.8) is 0 Å². The molecule has 0 aromatic rings. The third kappa shape index (κ3) is 1.22. The maximum absolute atomic E-state index is 11.8. The predicted molar refractivity (Wildman–Crippen MR) is 61.1 cm³/mol. The summed E-state index contributed by atoms with van der Waals surface area (Å²) in [5.74, 6) is 1.47. The maximum atomic E-state index is 11.8. The predicted octanol–water partition coefficient (Wildman–Crippen LogP) is 1.21. The lowest BCUT2D eigenvalue weighted by Crippen LogP contribution is -2.55. The molecule has 2 amide bonds. The van der Waals surface area contributed by atoms with Crippen molar-refractivity contribution in [3.05, 3.63) is 0 Å². The quantitative estimate of drug-likeness (QED) is 0.729. The van der Waals surface area contributed by atoms with E-state index in [4.69, 9.17) is 5.73 Å². The molecule has 1 spiro atoms. The number of thioether (sulfide) groups is 1. The molecule has 0 aromatic carbocycles. The fourth-order valence-corrected chi connectivity index (χ4v) is 3.98. The van der Waals surface area contributed by atoms with Crippen molar-refractivity contribution in [2.75, 3.05) is 5.75 Å². The molecule has 5 heteroatoms. The molecule has 0 aromatic heterocycles. The molecule has 2 atom stereocenters. The Labute approximate surface area is 93.3 Å². The van der Waals surface area contributed by atoms with Gasteiger partial charge in [0, 0.05) is 17.0 Å². The van der Waals surface area contributed by atoms with Gasteiger partial charge in [0.2, 0.25) is 0 Å². The number of aliphatic imine (C=N–C) groups is 1. The van der Waals surface area contributed by atoms with Crippen molar-refractivity contribution >= 4 is 23.6 Å². The third-order valence-electron chi connectivity index (χ3n) is 3.50. The number of amidine groups is 1. The normalized spacial score (nSPS) is 40.3. The van der Waals surface area contributed by atoms with Crippen molar-refractivity contribution in [1.82, 2.24) is 4.90 Å². The van der Waals surface area contributed by atoms with Crippen molar-refractivity contribution in [3.8, 4) is 0 Å². The van der Waals surface area contributed by atoms with Crippen molar-refractivity contribution in [2.24, 2.45) is 10.7 Å². The zero-order valence-electron chi connectivity index (χ0n) is 8.77. The van der Waals surface area contributed by atoms with Crippen LogP contribution in [0.5, 0.6) is 0 Å². The fraction of sp³-hybridized carbons (Fsp3) is 0.800. The first kappa shape index (κ1) is 9.51. The number of carbonyl (C=O) groups excluding carboxylic acids is 1. The maximum Gasteiger partial charge on any atom is 0.346 e. The van der Waals surface area contributed by atoms with Gasteiger partial charge in [-0.3, -0.25) is 0 Å². The average molecular weight is 225 g/mol. The van der Waals surface area contributed by atoms with Crippen LogP contribution < -0.4 is 5.73 Å². The molecule has 2 N–H and O–H groups in total. The van der Waals surface area contributed by atoms with E-state index in [2.05, 4.69) is 11.9 Å². The largest absolute Gasteiger partial charge is 0.385 e. The topological polar surface area (TPSA) is 58.7 Å². The van der Waals surface area contributed by atoms with Crippen LogP contribution in [0.2, 0.25) is 0 Å². The highest BCUT2D eigenvalue weighted by Crippen LogP contribution is 2.46. The van der Waals surface area contributed by atoms with E-state index in [1.807, 2.05) is 16.7 Å². The van der Waals surface area contributed by atoms with Gasteiger partial charge in [-0.1, -0.05) is 6.92 Å². The number of rotatable bonds is 1. The lowest BCUT2D eigenvalue weighted by Gasteiger charge is -2.34. The minimum atomic E-state index is -0.234. The first-order valence-corrected chi connectivity index (χ1v) is 6.48. The molecule has 3 rings (SSSR count). The zero-order chi connectivity index (χ0) is 10.6. The Bertz CT molecular complexity index is 353. The van der Waals surface area contributed by atoms with E-state index in [0.29, 0.717) is 17.1 Å². The summed E-state index contributed by atoms with van der Waals surface area (Å²) in [5.41, 5.74) is 5.72. The van der Waals surface area contributed by atoms with Crippen molar-refractivity contribution in [2.45, 2.75) is 43.0 Å². The number of urea groups is 1. The van der Waals surface area contributed by atoms with Gasteiger partial charge in [-0.15, -0.1) is 0 Å². The highest BCUT2D eigenvalue weighted by Gasteiger charge is 2.56. The van der Waals surface area contributed by atoms with Crippen LogP contribution in [0, 0.1) is 0 Å². The molecule has 0 radical (unpaired) electrons. The monoisotopic (exact) mass is 225 g/mol. The second-order valence-corrected chi connectivity index (χ2v) is 6.16. The second kappa shape index (κ2) is 2.90. The van der Waals surface area contributed by atoms with E-state index in [9.17, 15) is 4.79 Å². The molecule has 4 nitrogen and oxygen atoms in total. The van der Waals surface area contributed by atoms with Crippen LogP contribution >= 0.6 is 11.8 Å². The van der Waals surface area contributed by atoms with Crippen LogP contribution in [0.4, 0.5) is 4.79 Å². The highest BCUT2D eigenvalue weighted by atomic mass is 32.2. The van der Waals surface area contributed by atoms with Crippen LogP contribution in [0.15, 0.2) is 4.99 Å². The van der Waals surface area contributed by atoms with Crippen LogP contribution in [0.3, 0.4) is 0 Å². The lowest BCUT2D eigenvalue weighted by molar-refractivity contribution is 0.174. The van der Waals surface area contributed by atoms with Gasteiger partial charge in [-0.2, -0.15) is 16.8 Å². The van der Waals surface area contributed by atoms with E-state index < -0.39 is 0 Å². The molecule has 0 bridgehead atoms.